The van der Waals surface area contributed by atoms with E-state index in [1.807, 2.05) is 6.20 Å². The van der Waals surface area contributed by atoms with Gasteiger partial charge in [-0.05, 0) is 45.0 Å². The van der Waals surface area contributed by atoms with E-state index < -0.39 is 0 Å². The first-order valence-corrected chi connectivity index (χ1v) is 6.55. The van der Waals surface area contributed by atoms with Crippen LogP contribution in [-0.4, -0.2) is 41.6 Å². The van der Waals surface area contributed by atoms with Gasteiger partial charge in [-0.2, -0.15) is 0 Å². The molecular formula is C14H23N3. The Hall–Kier alpha value is -1.09. The van der Waals surface area contributed by atoms with E-state index in [4.69, 9.17) is 0 Å². The SMILES string of the molecule is CCN1C(C)CN(c2cc(C)ccn2)CC1C. The number of aryl methyl sites for hydroxylation is 1. The molecule has 1 saturated heterocycles. The van der Waals surface area contributed by atoms with Crippen LogP contribution in [0.4, 0.5) is 5.82 Å². The van der Waals surface area contributed by atoms with E-state index in [2.05, 4.69) is 54.6 Å². The summed E-state index contributed by atoms with van der Waals surface area (Å²) in [7, 11) is 0. The highest BCUT2D eigenvalue weighted by molar-refractivity contribution is 5.41. The molecule has 2 unspecified atom stereocenters. The Kier molecular flexibility index (Phi) is 3.67. The second-order valence-electron chi connectivity index (χ2n) is 5.12. The zero-order chi connectivity index (χ0) is 12.4. The molecule has 0 aromatic carbocycles. The molecule has 2 heterocycles. The molecule has 0 saturated carbocycles. The van der Waals surface area contributed by atoms with Gasteiger partial charge in [0.2, 0.25) is 0 Å². The molecule has 0 radical (unpaired) electrons. The van der Waals surface area contributed by atoms with Crippen LogP contribution in [0.2, 0.25) is 0 Å². The highest BCUT2D eigenvalue weighted by Crippen LogP contribution is 2.20. The average molecular weight is 233 g/mol. The Labute approximate surface area is 104 Å². The Bertz CT molecular complexity index is 365. The Morgan fingerprint density at radius 1 is 1.29 bits per heavy atom. The molecule has 0 bridgehead atoms. The zero-order valence-electron chi connectivity index (χ0n) is 11.3. The van der Waals surface area contributed by atoms with Gasteiger partial charge < -0.3 is 4.90 Å². The molecule has 0 aliphatic carbocycles. The largest absolute Gasteiger partial charge is 0.353 e. The van der Waals surface area contributed by atoms with Gasteiger partial charge in [-0.1, -0.05) is 6.92 Å². The minimum atomic E-state index is 0.603. The van der Waals surface area contributed by atoms with Crippen molar-refractivity contribution in [3.63, 3.8) is 0 Å². The van der Waals surface area contributed by atoms with Gasteiger partial charge in [0.25, 0.3) is 0 Å². The summed E-state index contributed by atoms with van der Waals surface area (Å²) >= 11 is 0. The standard InChI is InChI=1S/C14H23N3/c1-5-17-12(3)9-16(10-13(17)4)14-8-11(2)6-7-15-14/h6-8,12-13H,5,9-10H2,1-4H3. The molecular weight excluding hydrogens is 210 g/mol. The molecule has 2 rings (SSSR count). The number of nitrogens with zero attached hydrogens (tertiary/aromatic N) is 3. The van der Waals surface area contributed by atoms with Crippen molar-refractivity contribution in [2.75, 3.05) is 24.5 Å². The van der Waals surface area contributed by atoms with E-state index in [-0.39, 0.29) is 0 Å². The average Bonchev–Trinajstić information content (AvgIpc) is 2.28. The third-order valence-corrected chi connectivity index (χ3v) is 3.69. The van der Waals surface area contributed by atoms with Crippen LogP contribution >= 0.6 is 0 Å². The van der Waals surface area contributed by atoms with Crippen molar-refractivity contribution in [2.24, 2.45) is 0 Å². The lowest BCUT2D eigenvalue weighted by Crippen LogP contribution is -2.56. The predicted octanol–water partition coefficient (Wildman–Crippen LogP) is 2.31. The van der Waals surface area contributed by atoms with Gasteiger partial charge in [-0.15, -0.1) is 0 Å². The van der Waals surface area contributed by atoms with Gasteiger partial charge in [0.15, 0.2) is 0 Å². The van der Waals surface area contributed by atoms with Crippen molar-refractivity contribution in [2.45, 2.75) is 39.8 Å². The molecule has 3 nitrogen and oxygen atoms in total. The molecule has 0 spiro atoms. The summed E-state index contributed by atoms with van der Waals surface area (Å²) in [5, 5.41) is 0. The maximum absolute atomic E-state index is 4.49. The molecule has 2 atom stereocenters. The summed E-state index contributed by atoms with van der Waals surface area (Å²) in [6.07, 6.45) is 1.91. The van der Waals surface area contributed by atoms with Crippen LogP contribution in [-0.2, 0) is 0 Å². The molecule has 1 aliphatic rings. The molecule has 1 aromatic rings. The summed E-state index contributed by atoms with van der Waals surface area (Å²) in [5.74, 6) is 1.12. The molecule has 0 amide bonds. The number of anilines is 1. The van der Waals surface area contributed by atoms with Crippen molar-refractivity contribution in [3.8, 4) is 0 Å². The van der Waals surface area contributed by atoms with Crippen molar-refractivity contribution >= 4 is 5.82 Å². The highest BCUT2D eigenvalue weighted by Gasteiger charge is 2.28. The summed E-state index contributed by atoms with van der Waals surface area (Å²) in [4.78, 5) is 9.46. The fourth-order valence-corrected chi connectivity index (χ4v) is 2.86. The molecule has 1 aromatic heterocycles. The molecule has 1 aliphatic heterocycles. The maximum atomic E-state index is 4.49. The molecule has 94 valence electrons. The quantitative estimate of drug-likeness (QED) is 0.781. The maximum Gasteiger partial charge on any atom is 0.128 e. The number of piperazine rings is 1. The van der Waals surface area contributed by atoms with Crippen LogP contribution in [0.1, 0.15) is 26.3 Å². The van der Waals surface area contributed by atoms with Gasteiger partial charge in [-0.25, -0.2) is 4.98 Å². The fourth-order valence-electron chi connectivity index (χ4n) is 2.86. The lowest BCUT2D eigenvalue weighted by molar-refractivity contribution is 0.139. The second kappa shape index (κ2) is 5.05. The van der Waals surface area contributed by atoms with Crippen molar-refractivity contribution < 1.29 is 0 Å². The van der Waals surface area contributed by atoms with Gasteiger partial charge in [0.05, 0.1) is 0 Å². The van der Waals surface area contributed by atoms with Crippen molar-refractivity contribution in [1.82, 2.24) is 9.88 Å². The Balaban J connectivity index is 2.14. The van der Waals surface area contributed by atoms with E-state index in [0.717, 1.165) is 25.5 Å². The first kappa shape index (κ1) is 12.4. The molecule has 17 heavy (non-hydrogen) atoms. The van der Waals surface area contributed by atoms with Crippen molar-refractivity contribution in [1.29, 1.82) is 0 Å². The lowest BCUT2D eigenvalue weighted by Gasteiger charge is -2.44. The summed E-state index contributed by atoms with van der Waals surface area (Å²) in [5.41, 5.74) is 1.29. The Morgan fingerprint density at radius 2 is 1.94 bits per heavy atom. The Morgan fingerprint density at radius 3 is 2.47 bits per heavy atom. The number of hydrogen-bond donors (Lipinski definition) is 0. The van der Waals surface area contributed by atoms with Gasteiger partial charge in [-0.3, -0.25) is 4.90 Å². The van der Waals surface area contributed by atoms with Gasteiger partial charge in [0.1, 0.15) is 5.82 Å². The highest BCUT2D eigenvalue weighted by atomic mass is 15.3. The smallest absolute Gasteiger partial charge is 0.128 e. The fraction of sp³-hybridized carbons (Fsp3) is 0.643. The number of hydrogen-bond acceptors (Lipinski definition) is 3. The van der Waals surface area contributed by atoms with Gasteiger partial charge >= 0.3 is 0 Å². The second-order valence-corrected chi connectivity index (χ2v) is 5.12. The van der Waals surface area contributed by atoms with E-state index >= 15 is 0 Å². The minimum Gasteiger partial charge on any atom is -0.353 e. The molecule has 1 fully saturated rings. The summed E-state index contributed by atoms with van der Waals surface area (Å²) in [6, 6.07) is 5.44. The van der Waals surface area contributed by atoms with Gasteiger partial charge in [0, 0.05) is 31.4 Å². The molecule has 3 heteroatoms. The van der Waals surface area contributed by atoms with Crippen LogP contribution in [0.25, 0.3) is 0 Å². The normalized spacial score (nSPS) is 26.2. The summed E-state index contributed by atoms with van der Waals surface area (Å²) in [6.45, 7) is 12.3. The van der Waals surface area contributed by atoms with Crippen LogP contribution in [0.3, 0.4) is 0 Å². The lowest BCUT2D eigenvalue weighted by atomic mass is 10.1. The van der Waals surface area contributed by atoms with Crippen LogP contribution in [0.15, 0.2) is 18.3 Å². The van der Waals surface area contributed by atoms with Crippen LogP contribution in [0.5, 0.6) is 0 Å². The predicted molar refractivity (Wildman–Crippen MR) is 72.5 cm³/mol. The third-order valence-electron chi connectivity index (χ3n) is 3.69. The van der Waals surface area contributed by atoms with E-state index in [1.165, 1.54) is 5.56 Å². The minimum absolute atomic E-state index is 0.603. The van der Waals surface area contributed by atoms with E-state index in [9.17, 15) is 0 Å². The van der Waals surface area contributed by atoms with Crippen LogP contribution < -0.4 is 4.90 Å². The number of likely N-dealkylation sites (N-methyl/N-ethyl adjacent to an activating group) is 1. The summed E-state index contributed by atoms with van der Waals surface area (Å²) < 4.78 is 0. The first-order valence-electron chi connectivity index (χ1n) is 6.55. The first-order chi connectivity index (χ1) is 8.11. The molecule has 0 N–H and O–H groups in total. The zero-order valence-corrected chi connectivity index (χ0v) is 11.3. The van der Waals surface area contributed by atoms with E-state index in [0.29, 0.717) is 12.1 Å². The van der Waals surface area contributed by atoms with Crippen LogP contribution in [0, 0.1) is 6.92 Å². The van der Waals surface area contributed by atoms with E-state index in [1.54, 1.807) is 0 Å². The topological polar surface area (TPSA) is 19.4 Å². The van der Waals surface area contributed by atoms with Crippen molar-refractivity contribution in [3.05, 3.63) is 23.9 Å². The number of pyridine rings is 1. The number of aromatic nitrogens is 1. The third kappa shape index (κ3) is 2.60. The monoisotopic (exact) mass is 233 g/mol. The number of rotatable bonds is 2.